The minimum absolute atomic E-state index is 0.167. The molecule has 0 saturated heterocycles. The van der Waals surface area contributed by atoms with Gasteiger partial charge >= 0.3 is 0 Å². The van der Waals surface area contributed by atoms with Crippen LogP contribution in [0.2, 0.25) is 0 Å². The third kappa shape index (κ3) is 7.87. The van der Waals surface area contributed by atoms with Crippen LogP contribution in [0.15, 0.2) is 47.8 Å². The first-order valence-electron chi connectivity index (χ1n) is 8.35. The van der Waals surface area contributed by atoms with Gasteiger partial charge in [0.1, 0.15) is 13.2 Å². The number of rotatable bonds is 12. The first-order chi connectivity index (χ1) is 12.8. The molecule has 26 heavy (non-hydrogen) atoms. The molecular weight excluding hydrogens is 334 g/mol. The van der Waals surface area contributed by atoms with Gasteiger partial charge in [-0.05, 0) is 29.3 Å². The Hall–Kier alpha value is -2.77. The molecule has 0 aliphatic carbocycles. The number of nitroso groups, excluding NO2 is 1. The number of pyridine rings is 1. The summed E-state index contributed by atoms with van der Waals surface area (Å²) in [6.45, 7) is 2.22. The SMILES string of the molecule is Nc1ccc(/C=C/c2ccc(OCCOCCOCCN=O)nc2)cc1. The Labute approximate surface area is 152 Å². The van der Waals surface area contributed by atoms with Crippen molar-refractivity contribution in [3.8, 4) is 5.88 Å². The van der Waals surface area contributed by atoms with E-state index in [0.29, 0.717) is 38.9 Å². The molecule has 0 spiro atoms. The van der Waals surface area contributed by atoms with Gasteiger partial charge in [0.15, 0.2) is 0 Å². The highest BCUT2D eigenvalue weighted by Gasteiger charge is 1.96. The molecule has 1 aromatic carbocycles. The molecule has 0 amide bonds. The second-order valence-electron chi connectivity index (χ2n) is 5.36. The molecular formula is C19H23N3O4. The van der Waals surface area contributed by atoms with E-state index in [4.69, 9.17) is 19.9 Å². The summed E-state index contributed by atoms with van der Waals surface area (Å²) in [5.41, 5.74) is 8.46. The third-order valence-electron chi connectivity index (χ3n) is 3.34. The van der Waals surface area contributed by atoms with Gasteiger partial charge in [-0.2, -0.15) is 4.91 Å². The highest BCUT2D eigenvalue weighted by molar-refractivity contribution is 5.69. The molecule has 0 atom stereocenters. The van der Waals surface area contributed by atoms with Gasteiger partial charge in [-0.1, -0.05) is 29.5 Å². The van der Waals surface area contributed by atoms with Crippen LogP contribution in [-0.2, 0) is 9.47 Å². The summed E-state index contributed by atoms with van der Waals surface area (Å²) in [5.74, 6) is 0.548. The molecule has 0 saturated carbocycles. The van der Waals surface area contributed by atoms with Crippen molar-refractivity contribution < 1.29 is 14.2 Å². The quantitative estimate of drug-likeness (QED) is 0.356. The van der Waals surface area contributed by atoms with Gasteiger partial charge in [0.25, 0.3) is 0 Å². The molecule has 1 heterocycles. The van der Waals surface area contributed by atoms with Gasteiger partial charge in [-0.15, -0.1) is 0 Å². The van der Waals surface area contributed by atoms with E-state index in [2.05, 4.69) is 10.2 Å². The van der Waals surface area contributed by atoms with E-state index in [1.54, 1.807) is 6.20 Å². The molecule has 2 rings (SSSR count). The molecule has 0 radical (unpaired) electrons. The Balaban J connectivity index is 1.63. The van der Waals surface area contributed by atoms with Crippen molar-refractivity contribution in [3.05, 3.63) is 58.6 Å². The van der Waals surface area contributed by atoms with E-state index in [1.165, 1.54) is 0 Å². The normalized spacial score (nSPS) is 10.9. The molecule has 0 bridgehead atoms. The smallest absolute Gasteiger partial charge is 0.213 e. The summed E-state index contributed by atoms with van der Waals surface area (Å²) in [6, 6.07) is 11.4. The molecule has 138 valence electrons. The Morgan fingerprint density at radius 3 is 2.23 bits per heavy atom. The average molecular weight is 357 g/mol. The van der Waals surface area contributed by atoms with Crippen LogP contribution in [0.4, 0.5) is 5.69 Å². The van der Waals surface area contributed by atoms with E-state index >= 15 is 0 Å². The fraction of sp³-hybridized carbons (Fsp3) is 0.316. The minimum atomic E-state index is 0.167. The van der Waals surface area contributed by atoms with Crippen molar-refractivity contribution in [2.45, 2.75) is 0 Å². The summed E-state index contributed by atoms with van der Waals surface area (Å²) in [6.07, 6.45) is 5.72. The number of benzene rings is 1. The molecule has 0 unspecified atom stereocenters. The lowest BCUT2D eigenvalue weighted by atomic mass is 10.1. The lowest BCUT2D eigenvalue weighted by Crippen LogP contribution is -2.12. The van der Waals surface area contributed by atoms with Crippen LogP contribution in [0.25, 0.3) is 12.2 Å². The first-order valence-corrected chi connectivity index (χ1v) is 8.35. The van der Waals surface area contributed by atoms with E-state index in [9.17, 15) is 4.91 Å². The molecule has 2 aromatic rings. The second-order valence-corrected chi connectivity index (χ2v) is 5.36. The fourth-order valence-corrected chi connectivity index (χ4v) is 2.00. The standard InChI is InChI=1S/C19H23N3O4/c20-18-6-3-16(4-7-18)1-2-17-5-8-19(21-15-17)26-14-13-25-12-11-24-10-9-22-23/h1-8,15H,9-14,20H2/b2-1+. The number of hydrogen-bond donors (Lipinski definition) is 1. The van der Waals surface area contributed by atoms with E-state index in [1.807, 2.05) is 48.6 Å². The topological polar surface area (TPSA) is 96.0 Å². The average Bonchev–Trinajstić information content (AvgIpc) is 2.67. The van der Waals surface area contributed by atoms with Crippen LogP contribution in [0.3, 0.4) is 0 Å². The summed E-state index contributed by atoms with van der Waals surface area (Å²) >= 11 is 0. The van der Waals surface area contributed by atoms with Gasteiger partial charge < -0.3 is 19.9 Å². The zero-order valence-electron chi connectivity index (χ0n) is 14.5. The van der Waals surface area contributed by atoms with Crippen molar-refractivity contribution in [2.24, 2.45) is 5.18 Å². The van der Waals surface area contributed by atoms with E-state index in [0.717, 1.165) is 16.8 Å². The number of ether oxygens (including phenoxy) is 3. The van der Waals surface area contributed by atoms with Crippen molar-refractivity contribution >= 4 is 17.8 Å². The number of hydrogen-bond acceptors (Lipinski definition) is 7. The number of nitrogens with zero attached hydrogens (tertiary/aromatic N) is 2. The largest absolute Gasteiger partial charge is 0.475 e. The lowest BCUT2D eigenvalue weighted by Gasteiger charge is -2.07. The van der Waals surface area contributed by atoms with Crippen LogP contribution in [0, 0.1) is 4.91 Å². The molecule has 2 N–H and O–H groups in total. The Bertz CT molecular complexity index is 672. The van der Waals surface area contributed by atoms with Gasteiger partial charge in [0, 0.05) is 18.0 Å². The van der Waals surface area contributed by atoms with Gasteiger partial charge in [-0.25, -0.2) is 4.98 Å². The van der Waals surface area contributed by atoms with Gasteiger partial charge in [0.05, 0.1) is 26.4 Å². The summed E-state index contributed by atoms with van der Waals surface area (Å²) in [4.78, 5) is 14.1. The molecule has 7 heteroatoms. The van der Waals surface area contributed by atoms with Crippen LogP contribution < -0.4 is 10.5 Å². The highest BCUT2D eigenvalue weighted by atomic mass is 16.5. The zero-order valence-corrected chi connectivity index (χ0v) is 14.5. The van der Waals surface area contributed by atoms with Gasteiger partial charge in [-0.3, -0.25) is 0 Å². The summed E-state index contributed by atoms with van der Waals surface area (Å²) < 4.78 is 16.0. The van der Waals surface area contributed by atoms with Crippen LogP contribution in [0.5, 0.6) is 5.88 Å². The van der Waals surface area contributed by atoms with Crippen LogP contribution >= 0.6 is 0 Å². The fourth-order valence-electron chi connectivity index (χ4n) is 2.00. The van der Waals surface area contributed by atoms with Crippen molar-refractivity contribution in [3.63, 3.8) is 0 Å². The molecule has 0 fully saturated rings. The monoisotopic (exact) mass is 357 g/mol. The predicted octanol–water partition coefficient (Wildman–Crippen LogP) is 3.01. The number of anilines is 1. The molecule has 0 aliphatic heterocycles. The van der Waals surface area contributed by atoms with Crippen molar-refractivity contribution in [1.29, 1.82) is 0 Å². The summed E-state index contributed by atoms with van der Waals surface area (Å²) in [5, 5.41) is 2.70. The van der Waals surface area contributed by atoms with Crippen LogP contribution in [0.1, 0.15) is 11.1 Å². The molecule has 1 aromatic heterocycles. The highest BCUT2D eigenvalue weighted by Crippen LogP contribution is 2.12. The maximum atomic E-state index is 9.86. The third-order valence-corrected chi connectivity index (χ3v) is 3.34. The maximum absolute atomic E-state index is 9.86. The Morgan fingerprint density at radius 1 is 0.885 bits per heavy atom. The van der Waals surface area contributed by atoms with Crippen molar-refractivity contribution in [2.75, 3.05) is 45.3 Å². The van der Waals surface area contributed by atoms with Gasteiger partial charge in [0.2, 0.25) is 5.88 Å². The molecule has 7 nitrogen and oxygen atoms in total. The number of nitrogens with two attached hydrogens (primary N) is 1. The lowest BCUT2D eigenvalue weighted by molar-refractivity contribution is 0.0383. The Morgan fingerprint density at radius 2 is 1.54 bits per heavy atom. The molecule has 0 aliphatic rings. The maximum Gasteiger partial charge on any atom is 0.213 e. The van der Waals surface area contributed by atoms with E-state index in [-0.39, 0.29) is 6.54 Å². The Kier molecular flexibility index (Phi) is 8.82. The predicted molar refractivity (Wildman–Crippen MR) is 102 cm³/mol. The second kappa shape index (κ2) is 11.7. The minimum Gasteiger partial charge on any atom is -0.475 e. The van der Waals surface area contributed by atoms with Crippen LogP contribution in [-0.4, -0.2) is 44.6 Å². The zero-order chi connectivity index (χ0) is 18.5. The summed E-state index contributed by atoms with van der Waals surface area (Å²) in [7, 11) is 0. The van der Waals surface area contributed by atoms with Crippen molar-refractivity contribution in [1.82, 2.24) is 4.98 Å². The number of nitrogen functional groups attached to an aromatic ring is 1. The number of aromatic nitrogens is 1. The van der Waals surface area contributed by atoms with E-state index < -0.39 is 0 Å². The first kappa shape index (κ1) is 19.6.